The lowest BCUT2D eigenvalue weighted by molar-refractivity contribution is 0.110. The molecule has 0 saturated carbocycles. The molecule has 4 N–H and O–H groups in total. The van der Waals surface area contributed by atoms with Crippen LogP contribution in [0.3, 0.4) is 0 Å². The maximum Gasteiger partial charge on any atom is 0.407 e. The van der Waals surface area contributed by atoms with Gasteiger partial charge < -0.3 is 15.3 Å². The van der Waals surface area contributed by atoms with Gasteiger partial charge in [0, 0.05) is 36.4 Å². The van der Waals surface area contributed by atoms with Crippen LogP contribution in [0, 0.1) is 0 Å². The summed E-state index contributed by atoms with van der Waals surface area (Å²) in [6, 6.07) is 8.39. The summed E-state index contributed by atoms with van der Waals surface area (Å²) in [5.74, 6) is 1.38. The fourth-order valence-corrected chi connectivity index (χ4v) is 4.27. The highest BCUT2D eigenvalue weighted by atomic mass is 32.1. The number of nitrogens with zero attached hydrogens (tertiary/aromatic N) is 4. The summed E-state index contributed by atoms with van der Waals surface area (Å²) >= 11 is 1.42. The van der Waals surface area contributed by atoms with E-state index >= 15 is 0 Å². The Bertz CT molecular complexity index is 1080. The number of hydrogen-bond donors (Lipinski definition) is 4. The van der Waals surface area contributed by atoms with Crippen molar-refractivity contribution in [1.82, 2.24) is 19.9 Å². The number of thiazole rings is 1. The van der Waals surface area contributed by atoms with Crippen LogP contribution in [0.2, 0.25) is 0 Å². The molecule has 10 nitrogen and oxygen atoms in total. The van der Waals surface area contributed by atoms with Gasteiger partial charge in [0.25, 0.3) is 0 Å². The van der Waals surface area contributed by atoms with Gasteiger partial charge in [0.15, 0.2) is 0 Å². The number of hydrogen-bond acceptors (Lipinski definition) is 7. The first-order chi connectivity index (χ1) is 15.6. The number of likely N-dealkylation sites (tertiary alicyclic amines) is 1. The van der Waals surface area contributed by atoms with Gasteiger partial charge in [-0.15, -0.1) is 11.3 Å². The van der Waals surface area contributed by atoms with Crippen molar-refractivity contribution < 1.29 is 14.7 Å². The lowest BCUT2D eigenvalue weighted by atomic mass is 10.0. The summed E-state index contributed by atoms with van der Waals surface area (Å²) in [5, 5.41) is 20.5. The summed E-state index contributed by atoms with van der Waals surface area (Å²) in [7, 11) is 0. The second-order valence-electron chi connectivity index (χ2n) is 7.27. The molecule has 32 heavy (non-hydrogen) atoms. The zero-order valence-electron chi connectivity index (χ0n) is 17.2. The standard InChI is InChI=1S/C21H23N7O3S/c29-20(27-18-13-32-19(25-18)14-7-9-22-10-8-14)26-17-6-3-5-16(24-17)23-12-15-4-1-2-11-28(15)21(30)31/h3,5-10,13,15H,1-2,4,11-12H2,(H,30,31)(H3,23,24,26,27,29). The van der Waals surface area contributed by atoms with Gasteiger partial charge >= 0.3 is 12.1 Å². The number of pyridine rings is 2. The SMILES string of the molecule is O=C(Nc1cccc(NCC2CCCCN2C(=O)O)n1)Nc1csc(-c2ccncc2)n1. The molecule has 0 bridgehead atoms. The number of urea groups is 1. The van der Waals surface area contributed by atoms with Crippen molar-refractivity contribution in [3.8, 4) is 10.6 Å². The van der Waals surface area contributed by atoms with E-state index in [4.69, 9.17) is 0 Å². The summed E-state index contributed by atoms with van der Waals surface area (Å²) in [6.45, 7) is 1.02. The number of piperidine rings is 1. The van der Waals surface area contributed by atoms with E-state index in [0.717, 1.165) is 29.8 Å². The van der Waals surface area contributed by atoms with E-state index in [2.05, 4.69) is 30.9 Å². The molecule has 1 fully saturated rings. The third kappa shape index (κ3) is 5.49. The van der Waals surface area contributed by atoms with Gasteiger partial charge in [0.05, 0.1) is 6.04 Å². The van der Waals surface area contributed by atoms with Crippen LogP contribution in [0.15, 0.2) is 48.1 Å². The summed E-state index contributed by atoms with van der Waals surface area (Å²) in [6.07, 6.45) is 5.19. The van der Waals surface area contributed by atoms with Crippen LogP contribution in [-0.4, -0.2) is 56.2 Å². The van der Waals surface area contributed by atoms with Gasteiger partial charge in [0.2, 0.25) is 0 Å². The molecule has 3 aromatic rings. The Morgan fingerprint density at radius 2 is 1.84 bits per heavy atom. The summed E-state index contributed by atoms with van der Waals surface area (Å²) < 4.78 is 0. The van der Waals surface area contributed by atoms with Gasteiger partial charge in [-0.05, 0) is 43.5 Å². The van der Waals surface area contributed by atoms with E-state index in [1.165, 1.54) is 16.2 Å². The van der Waals surface area contributed by atoms with Crippen LogP contribution in [0.25, 0.3) is 10.6 Å². The molecular formula is C21H23N7O3S. The van der Waals surface area contributed by atoms with Crippen LogP contribution in [-0.2, 0) is 0 Å². The number of anilines is 3. The molecule has 3 aromatic heterocycles. The quantitative estimate of drug-likeness (QED) is 0.440. The minimum atomic E-state index is -0.898. The number of rotatable bonds is 6. The number of carbonyl (C=O) groups is 2. The largest absolute Gasteiger partial charge is 0.465 e. The minimum absolute atomic E-state index is 0.0952. The first kappa shape index (κ1) is 21.5. The normalized spacial score (nSPS) is 15.8. The van der Waals surface area contributed by atoms with Crippen LogP contribution in [0.5, 0.6) is 0 Å². The smallest absolute Gasteiger partial charge is 0.407 e. The van der Waals surface area contributed by atoms with Crippen molar-refractivity contribution in [2.75, 3.05) is 29.0 Å². The Morgan fingerprint density at radius 1 is 1.06 bits per heavy atom. The summed E-state index contributed by atoms with van der Waals surface area (Å²) in [4.78, 5) is 38.0. The molecule has 3 amide bonds. The van der Waals surface area contributed by atoms with E-state index in [1.54, 1.807) is 36.0 Å². The Morgan fingerprint density at radius 3 is 2.66 bits per heavy atom. The van der Waals surface area contributed by atoms with Gasteiger partial charge in [-0.2, -0.15) is 0 Å². The van der Waals surface area contributed by atoms with Gasteiger partial charge in [-0.25, -0.2) is 19.6 Å². The maximum absolute atomic E-state index is 12.4. The zero-order chi connectivity index (χ0) is 22.3. The third-order valence-electron chi connectivity index (χ3n) is 5.06. The van der Waals surface area contributed by atoms with Crippen molar-refractivity contribution in [3.05, 3.63) is 48.1 Å². The topological polar surface area (TPSA) is 132 Å². The van der Waals surface area contributed by atoms with Crippen LogP contribution in [0.1, 0.15) is 19.3 Å². The fourth-order valence-electron chi connectivity index (χ4n) is 3.51. The van der Waals surface area contributed by atoms with E-state index in [0.29, 0.717) is 30.5 Å². The monoisotopic (exact) mass is 453 g/mol. The van der Waals surface area contributed by atoms with Gasteiger partial charge in [-0.3, -0.25) is 15.6 Å². The highest BCUT2D eigenvalue weighted by Crippen LogP contribution is 2.25. The van der Waals surface area contributed by atoms with Crippen molar-refractivity contribution in [1.29, 1.82) is 0 Å². The molecule has 1 unspecified atom stereocenters. The third-order valence-corrected chi connectivity index (χ3v) is 5.95. The zero-order valence-corrected chi connectivity index (χ0v) is 18.0. The first-order valence-corrected chi connectivity index (χ1v) is 11.1. The van der Waals surface area contributed by atoms with Crippen molar-refractivity contribution in [2.24, 2.45) is 0 Å². The van der Waals surface area contributed by atoms with Gasteiger partial charge in [0.1, 0.15) is 22.5 Å². The second kappa shape index (κ2) is 10.1. The van der Waals surface area contributed by atoms with E-state index in [9.17, 15) is 14.7 Å². The number of aromatic nitrogens is 3. The Labute approximate surface area is 188 Å². The van der Waals surface area contributed by atoms with E-state index in [-0.39, 0.29) is 6.04 Å². The molecule has 4 heterocycles. The molecule has 11 heteroatoms. The lowest BCUT2D eigenvalue weighted by Crippen LogP contribution is -2.46. The average Bonchev–Trinajstić information content (AvgIpc) is 3.27. The van der Waals surface area contributed by atoms with E-state index < -0.39 is 12.1 Å². The van der Waals surface area contributed by atoms with Crippen molar-refractivity contribution >= 4 is 40.9 Å². The predicted octanol–water partition coefficient (Wildman–Crippen LogP) is 4.19. The molecule has 0 aliphatic carbocycles. The molecule has 0 aromatic carbocycles. The molecular weight excluding hydrogens is 430 g/mol. The van der Waals surface area contributed by atoms with Crippen LogP contribution in [0.4, 0.5) is 27.0 Å². The molecule has 0 spiro atoms. The predicted molar refractivity (Wildman–Crippen MR) is 123 cm³/mol. The van der Waals surface area contributed by atoms with Crippen molar-refractivity contribution in [2.45, 2.75) is 25.3 Å². The Balaban J connectivity index is 1.32. The van der Waals surface area contributed by atoms with Gasteiger partial charge in [-0.1, -0.05) is 6.07 Å². The summed E-state index contributed by atoms with van der Waals surface area (Å²) in [5.41, 5.74) is 0.929. The van der Waals surface area contributed by atoms with Crippen LogP contribution < -0.4 is 16.0 Å². The minimum Gasteiger partial charge on any atom is -0.465 e. The lowest BCUT2D eigenvalue weighted by Gasteiger charge is -2.33. The molecule has 1 saturated heterocycles. The average molecular weight is 454 g/mol. The highest BCUT2D eigenvalue weighted by Gasteiger charge is 2.26. The fraction of sp³-hybridized carbons (Fsp3) is 0.286. The Kier molecular flexibility index (Phi) is 6.75. The van der Waals surface area contributed by atoms with E-state index in [1.807, 2.05) is 12.1 Å². The van der Waals surface area contributed by atoms with Crippen molar-refractivity contribution in [3.63, 3.8) is 0 Å². The molecule has 1 aliphatic rings. The molecule has 1 atom stereocenters. The number of carbonyl (C=O) groups excluding carboxylic acids is 1. The molecule has 166 valence electrons. The highest BCUT2D eigenvalue weighted by molar-refractivity contribution is 7.13. The number of nitrogens with one attached hydrogen (secondary N) is 3. The maximum atomic E-state index is 12.4. The molecule has 0 radical (unpaired) electrons. The first-order valence-electron chi connectivity index (χ1n) is 10.2. The molecule has 1 aliphatic heterocycles. The number of carboxylic acid groups (broad SMARTS) is 1. The molecule has 4 rings (SSSR count). The number of amides is 3. The van der Waals surface area contributed by atoms with Crippen LogP contribution >= 0.6 is 11.3 Å². The Hall–Kier alpha value is -3.73. The second-order valence-corrected chi connectivity index (χ2v) is 8.13.